The number of carboxylic acids is 1. The molecule has 4 rings (SSSR count). The van der Waals surface area contributed by atoms with E-state index in [0.717, 1.165) is 42.2 Å². The molecule has 8 nitrogen and oxygen atoms in total. The summed E-state index contributed by atoms with van der Waals surface area (Å²) >= 11 is 6.31. The Bertz CT molecular complexity index is 993. The summed E-state index contributed by atoms with van der Waals surface area (Å²) in [5.74, 6) is -1.14. The molecule has 0 bridgehead atoms. The lowest BCUT2D eigenvalue weighted by Gasteiger charge is -2.45. The summed E-state index contributed by atoms with van der Waals surface area (Å²) in [5.41, 5.74) is 2.33. The summed E-state index contributed by atoms with van der Waals surface area (Å²) in [4.78, 5) is 30.3. The van der Waals surface area contributed by atoms with Crippen LogP contribution in [0.2, 0.25) is 5.02 Å². The zero-order valence-corrected chi connectivity index (χ0v) is 19.4. The van der Waals surface area contributed by atoms with Crippen LogP contribution in [-0.4, -0.2) is 75.5 Å². The Morgan fingerprint density at radius 3 is 2.47 bits per heavy atom. The average molecular weight is 460 g/mol. The number of halogens is 1. The second-order valence-electron chi connectivity index (χ2n) is 9.04. The van der Waals surface area contributed by atoms with Gasteiger partial charge in [0, 0.05) is 55.2 Å². The molecule has 1 aromatic carbocycles. The first-order valence-corrected chi connectivity index (χ1v) is 11.5. The Kier molecular flexibility index (Phi) is 6.44. The highest BCUT2D eigenvalue weighted by atomic mass is 35.5. The normalized spacial score (nSPS) is 18.4. The molecule has 0 spiro atoms. The molecule has 3 heterocycles. The van der Waals surface area contributed by atoms with Gasteiger partial charge in [0.05, 0.1) is 0 Å². The molecule has 2 aromatic rings. The fourth-order valence-corrected chi connectivity index (χ4v) is 4.79. The van der Waals surface area contributed by atoms with E-state index in [1.54, 1.807) is 4.90 Å². The number of benzene rings is 1. The van der Waals surface area contributed by atoms with Crippen molar-refractivity contribution in [3.8, 4) is 0 Å². The van der Waals surface area contributed by atoms with E-state index in [-0.39, 0.29) is 17.3 Å². The van der Waals surface area contributed by atoms with Gasteiger partial charge in [0.1, 0.15) is 0 Å². The third kappa shape index (κ3) is 4.61. The number of carboxylic acid groups (broad SMARTS) is 1. The van der Waals surface area contributed by atoms with Crippen LogP contribution in [0.15, 0.2) is 30.5 Å². The molecule has 2 saturated heterocycles. The van der Waals surface area contributed by atoms with Crippen molar-refractivity contribution in [2.24, 2.45) is 0 Å². The second kappa shape index (κ2) is 9.11. The van der Waals surface area contributed by atoms with E-state index in [4.69, 9.17) is 16.7 Å². The first-order valence-electron chi connectivity index (χ1n) is 11.1. The maximum Gasteiger partial charge on any atom is 0.356 e. The quantitative estimate of drug-likeness (QED) is 0.732. The number of rotatable bonds is 5. The summed E-state index contributed by atoms with van der Waals surface area (Å²) in [6, 6.07) is 7.23. The van der Waals surface area contributed by atoms with E-state index < -0.39 is 5.97 Å². The number of carbonyl (C=O) groups excluding carboxylic acids is 1. The molecular weight excluding hydrogens is 430 g/mol. The molecule has 32 heavy (non-hydrogen) atoms. The number of aromatic carboxylic acids is 1. The molecule has 0 atom stereocenters. The van der Waals surface area contributed by atoms with Crippen molar-refractivity contribution >= 4 is 29.3 Å². The van der Waals surface area contributed by atoms with E-state index in [1.165, 1.54) is 36.4 Å². The fourth-order valence-electron chi connectivity index (χ4n) is 4.62. The minimum atomic E-state index is -1.14. The molecule has 1 aromatic heterocycles. The Balaban J connectivity index is 1.41. The number of piperidine rings is 1. The SMILES string of the molecule is CN(Cc1ccc(Cl)cc1N1CCCC1)C1(C)CCN(C(=O)n2ccc(C(=O)O)n2)CC1. The lowest BCUT2D eigenvalue weighted by molar-refractivity contribution is 0.0585. The van der Waals surface area contributed by atoms with Gasteiger partial charge in [-0.3, -0.25) is 4.90 Å². The van der Waals surface area contributed by atoms with Crippen LogP contribution < -0.4 is 4.90 Å². The highest BCUT2D eigenvalue weighted by Gasteiger charge is 2.36. The van der Waals surface area contributed by atoms with Gasteiger partial charge in [0.2, 0.25) is 0 Å². The van der Waals surface area contributed by atoms with Crippen molar-refractivity contribution in [2.45, 2.75) is 44.7 Å². The van der Waals surface area contributed by atoms with Gasteiger partial charge in [-0.05, 0) is 63.4 Å². The second-order valence-corrected chi connectivity index (χ2v) is 9.48. The van der Waals surface area contributed by atoms with Crippen molar-refractivity contribution in [1.29, 1.82) is 0 Å². The highest BCUT2D eigenvalue weighted by Crippen LogP contribution is 2.33. The van der Waals surface area contributed by atoms with Crippen molar-refractivity contribution in [1.82, 2.24) is 19.6 Å². The predicted molar refractivity (Wildman–Crippen MR) is 124 cm³/mol. The van der Waals surface area contributed by atoms with Crippen molar-refractivity contribution < 1.29 is 14.7 Å². The van der Waals surface area contributed by atoms with Crippen molar-refractivity contribution in [2.75, 3.05) is 38.1 Å². The third-order valence-electron chi connectivity index (χ3n) is 6.94. The van der Waals surface area contributed by atoms with Crippen LogP contribution >= 0.6 is 11.6 Å². The highest BCUT2D eigenvalue weighted by molar-refractivity contribution is 6.30. The minimum Gasteiger partial charge on any atom is -0.476 e. The number of anilines is 1. The Morgan fingerprint density at radius 1 is 1.16 bits per heavy atom. The number of hydrogen-bond donors (Lipinski definition) is 1. The van der Waals surface area contributed by atoms with Crippen LogP contribution in [0.3, 0.4) is 0 Å². The van der Waals surface area contributed by atoms with Gasteiger partial charge in [0.15, 0.2) is 5.69 Å². The van der Waals surface area contributed by atoms with Crippen LogP contribution in [0, 0.1) is 0 Å². The zero-order valence-electron chi connectivity index (χ0n) is 18.6. The molecular formula is C23H30ClN5O3. The monoisotopic (exact) mass is 459 g/mol. The van der Waals surface area contributed by atoms with Crippen LogP contribution in [0.4, 0.5) is 10.5 Å². The van der Waals surface area contributed by atoms with E-state index in [1.807, 2.05) is 6.07 Å². The van der Waals surface area contributed by atoms with E-state index in [2.05, 4.69) is 41.0 Å². The van der Waals surface area contributed by atoms with Crippen LogP contribution in [-0.2, 0) is 6.54 Å². The molecule has 2 fully saturated rings. The van der Waals surface area contributed by atoms with E-state index in [9.17, 15) is 9.59 Å². The van der Waals surface area contributed by atoms with Crippen LogP contribution in [0.1, 0.15) is 48.7 Å². The van der Waals surface area contributed by atoms with Gasteiger partial charge < -0.3 is 14.9 Å². The smallest absolute Gasteiger partial charge is 0.356 e. The van der Waals surface area contributed by atoms with E-state index in [0.29, 0.717) is 13.1 Å². The number of nitrogens with zero attached hydrogens (tertiary/aromatic N) is 5. The minimum absolute atomic E-state index is 0.0466. The topological polar surface area (TPSA) is 81.9 Å². The van der Waals surface area contributed by atoms with Crippen molar-refractivity contribution in [3.05, 3.63) is 46.7 Å². The third-order valence-corrected chi connectivity index (χ3v) is 7.17. The van der Waals surface area contributed by atoms with Gasteiger partial charge in [-0.15, -0.1) is 0 Å². The molecule has 2 aliphatic heterocycles. The fraction of sp³-hybridized carbons (Fsp3) is 0.522. The molecule has 1 N–H and O–H groups in total. The lowest BCUT2D eigenvalue weighted by atomic mass is 9.87. The maximum absolute atomic E-state index is 12.7. The first kappa shape index (κ1) is 22.6. The van der Waals surface area contributed by atoms with Crippen molar-refractivity contribution in [3.63, 3.8) is 0 Å². The summed E-state index contributed by atoms with van der Waals surface area (Å²) in [6.07, 6.45) is 5.50. The van der Waals surface area contributed by atoms with Gasteiger partial charge >= 0.3 is 12.0 Å². The van der Waals surface area contributed by atoms with Crippen LogP contribution in [0.25, 0.3) is 0 Å². The summed E-state index contributed by atoms with van der Waals surface area (Å²) < 4.78 is 1.12. The molecule has 2 aliphatic rings. The lowest BCUT2D eigenvalue weighted by Crippen LogP contribution is -2.53. The molecule has 0 saturated carbocycles. The number of hydrogen-bond acceptors (Lipinski definition) is 5. The maximum atomic E-state index is 12.7. The van der Waals surface area contributed by atoms with Gasteiger partial charge in [-0.25, -0.2) is 9.59 Å². The predicted octanol–water partition coefficient (Wildman–Crippen LogP) is 3.79. The number of amides is 1. The number of carbonyl (C=O) groups is 2. The zero-order chi connectivity index (χ0) is 22.9. The molecule has 0 unspecified atom stereocenters. The largest absolute Gasteiger partial charge is 0.476 e. The standard InChI is InChI=1S/C23H30ClN5O3/c1-23(8-13-28(14-9-23)22(32)29-12-7-19(25-29)21(30)31)26(2)16-17-5-6-18(24)15-20(17)27-10-3-4-11-27/h5-7,12,15H,3-4,8-11,13-14,16H2,1-2H3,(H,30,31). The first-order chi connectivity index (χ1) is 15.3. The average Bonchev–Trinajstić information content (AvgIpc) is 3.47. The number of aromatic nitrogens is 2. The Morgan fingerprint density at radius 2 is 1.84 bits per heavy atom. The molecule has 0 aliphatic carbocycles. The summed E-state index contributed by atoms with van der Waals surface area (Å²) in [7, 11) is 2.15. The van der Waals surface area contributed by atoms with E-state index >= 15 is 0 Å². The molecule has 9 heteroatoms. The summed E-state index contributed by atoms with van der Waals surface area (Å²) in [6.45, 7) is 6.40. The Hall–Kier alpha value is -2.58. The molecule has 0 radical (unpaired) electrons. The molecule has 1 amide bonds. The van der Waals surface area contributed by atoms with Gasteiger partial charge in [-0.1, -0.05) is 17.7 Å². The van der Waals surface area contributed by atoms with Gasteiger partial charge in [0.25, 0.3) is 0 Å². The number of likely N-dealkylation sites (tertiary alicyclic amines) is 1. The van der Waals surface area contributed by atoms with Gasteiger partial charge in [-0.2, -0.15) is 9.78 Å². The van der Waals surface area contributed by atoms with Crippen LogP contribution in [0.5, 0.6) is 0 Å². The molecule has 172 valence electrons. The summed E-state index contributed by atoms with van der Waals surface area (Å²) in [5, 5.41) is 13.7. The Labute approximate surface area is 193 Å².